The van der Waals surface area contributed by atoms with Crippen LogP contribution in [0.3, 0.4) is 0 Å². The minimum absolute atomic E-state index is 0.125. The number of carbonyl (C=O) groups is 1. The highest BCUT2D eigenvalue weighted by atomic mass is 35.5. The third kappa shape index (κ3) is 5.36. The molecule has 1 unspecified atom stereocenters. The molecule has 0 spiro atoms. The third-order valence-electron chi connectivity index (χ3n) is 4.43. The number of urea groups is 1. The Morgan fingerprint density at radius 1 is 1.21 bits per heavy atom. The lowest BCUT2D eigenvalue weighted by Crippen LogP contribution is -2.39. The smallest absolute Gasteiger partial charge is 0.334 e. The van der Waals surface area contributed by atoms with Gasteiger partial charge in [0.2, 0.25) is 0 Å². The zero-order valence-corrected chi connectivity index (χ0v) is 15.4. The van der Waals surface area contributed by atoms with Crippen molar-refractivity contribution >= 4 is 23.3 Å². The molecular formula is C19H18ClF4N3O. The summed E-state index contributed by atoms with van der Waals surface area (Å²) in [5.74, 6) is -1.38. The van der Waals surface area contributed by atoms with E-state index in [0.717, 1.165) is 18.2 Å². The summed E-state index contributed by atoms with van der Waals surface area (Å²) in [6.45, 7) is 2.07. The molecule has 0 aliphatic carbocycles. The third-order valence-corrected chi connectivity index (χ3v) is 4.67. The first kappa shape index (κ1) is 20.4. The van der Waals surface area contributed by atoms with Gasteiger partial charge in [0.25, 0.3) is 0 Å². The second-order valence-corrected chi connectivity index (χ2v) is 7.08. The van der Waals surface area contributed by atoms with E-state index >= 15 is 0 Å². The summed E-state index contributed by atoms with van der Waals surface area (Å²) in [7, 11) is 0. The fourth-order valence-corrected chi connectivity index (χ4v) is 3.37. The molecule has 0 bridgehead atoms. The molecule has 4 nitrogen and oxygen atoms in total. The first-order chi connectivity index (χ1) is 13.2. The van der Waals surface area contributed by atoms with E-state index < -0.39 is 23.6 Å². The second-order valence-electron chi connectivity index (χ2n) is 6.64. The van der Waals surface area contributed by atoms with Crippen molar-refractivity contribution in [2.75, 3.05) is 18.4 Å². The van der Waals surface area contributed by atoms with E-state index in [4.69, 9.17) is 11.6 Å². The molecule has 150 valence electrons. The summed E-state index contributed by atoms with van der Waals surface area (Å²) in [5, 5.41) is 5.72. The molecule has 1 fully saturated rings. The Morgan fingerprint density at radius 2 is 2.00 bits per heavy atom. The molecule has 2 aromatic carbocycles. The van der Waals surface area contributed by atoms with Crippen LogP contribution in [0.1, 0.15) is 17.5 Å². The fraction of sp³-hybridized carbons (Fsp3) is 0.316. The molecule has 3 rings (SSSR count). The maximum atomic E-state index is 13.3. The molecule has 2 amide bonds. The number of rotatable bonds is 4. The van der Waals surface area contributed by atoms with E-state index in [1.807, 2.05) is 18.2 Å². The Labute approximate surface area is 164 Å². The topological polar surface area (TPSA) is 44.4 Å². The zero-order valence-electron chi connectivity index (χ0n) is 14.7. The van der Waals surface area contributed by atoms with Crippen LogP contribution in [-0.2, 0) is 12.7 Å². The summed E-state index contributed by atoms with van der Waals surface area (Å²) in [4.78, 5) is 14.2. The lowest BCUT2D eigenvalue weighted by Gasteiger charge is -2.17. The van der Waals surface area contributed by atoms with Gasteiger partial charge in [0.05, 0.1) is 5.56 Å². The molecule has 0 saturated carbocycles. The molecule has 1 aliphatic rings. The molecule has 2 aromatic rings. The average molecular weight is 416 g/mol. The van der Waals surface area contributed by atoms with Crippen LogP contribution in [0.5, 0.6) is 0 Å². The largest absolute Gasteiger partial charge is 0.419 e. The van der Waals surface area contributed by atoms with Crippen molar-refractivity contribution in [1.82, 2.24) is 10.2 Å². The van der Waals surface area contributed by atoms with Crippen molar-refractivity contribution in [3.63, 3.8) is 0 Å². The normalized spacial score (nSPS) is 17.5. The van der Waals surface area contributed by atoms with Crippen molar-refractivity contribution in [3.05, 3.63) is 64.4 Å². The summed E-state index contributed by atoms with van der Waals surface area (Å²) in [6.07, 6.45) is -4.12. The number of benzene rings is 2. The highest BCUT2D eigenvalue weighted by Crippen LogP contribution is 2.33. The maximum absolute atomic E-state index is 13.3. The van der Waals surface area contributed by atoms with Gasteiger partial charge in [0, 0.05) is 36.4 Å². The number of nitrogens with one attached hydrogen (secondary N) is 2. The fourth-order valence-electron chi connectivity index (χ4n) is 3.16. The molecule has 28 heavy (non-hydrogen) atoms. The van der Waals surface area contributed by atoms with Crippen LogP contribution in [0.15, 0.2) is 42.5 Å². The van der Waals surface area contributed by atoms with Crippen LogP contribution < -0.4 is 10.6 Å². The van der Waals surface area contributed by atoms with E-state index in [1.165, 1.54) is 0 Å². The summed E-state index contributed by atoms with van der Waals surface area (Å²) in [6, 6.07) is 9.09. The molecule has 1 aliphatic heterocycles. The number of hydrogen-bond acceptors (Lipinski definition) is 2. The first-order valence-electron chi connectivity index (χ1n) is 8.62. The molecule has 0 radical (unpaired) electrons. The summed E-state index contributed by atoms with van der Waals surface area (Å²) in [5.41, 5.74) is -0.484. The standard InChI is InChI=1S/C19H18ClF4N3O/c20-13-3-1-2-12(8-13)10-27-7-6-15(11-27)26-18(28)25-14-4-5-17(21)16(9-14)19(22,23)24/h1-5,8-9,15H,6-7,10-11H2,(H2,25,26,28). The van der Waals surface area contributed by atoms with Crippen LogP contribution >= 0.6 is 11.6 Å². The maximum Gasteiger partial charge on any atom is 0.419 e. The molecule has 1 saturated heterocycles. The van der Waals surface area contributed by atoms with Crippen molar-refractivity contribution in [2.45, 2.75) is 25.2 Å². The lowest BCUT2D eigenvalue weighted by molar-refractivity contribution is -0.139. The van der Waals surface area contributed by atoms with Gasteiger partial charge >= 0.3 is 12.2 Å². The number of anilines is 1. The molecular weight excluding hydrogens is 398 g/mol. The first-order valence-corrected chi connectivity index (χ1v) is 8.99. The monoisotopic (exact) mass is 415 g/mol. The lowest BCUT2D eigenvalue weighted by atomic mass is 10.2. The summed E-state index contributed by atoms with van der Waals surface area (Å²) < 4.78 is 51.6. The molecule has 1 heterocycles. The quantitative estimate of drug-likeness (QED) is 0.698. The Balaban J connectivity index is 1.53. The van der Waals surface area contributed by atoms with E-state index in [0.29, 0.717) is 36.7 Å². The van der Waals surface area contributed by atoms with Crippen LogP contribution in [0, 0.1) is 5.82 Å². The Hall–Kier alpha value is -2.32. The summed E-state index contributed by atoms with van der Waals surface area (Å²) >= 11 is 5.98. The second kappa shape index (κ2) is 8.36. The van der Waals surface area contributed by atoms with Gasteiger partial charge in [-0.3, -0.25) is 4.90 Å². The minimum Gasteiger partial charge on any atom is -0.334 e. The predicted molar refractivity (Wildman–Crippen MR) is 98.7 cm³/mol. The number of hydrogen-bond donors (Lipinski definition) is 2. The van der Waals surface area contributed by atoms with Gasteiger partial charge in [-0.05, 0) is 42.3 Å². The molecule has 1 atom stereocenters. The van der Waals surface area contributed by atoms with E-state index in [-0.39, 0.29) is 11.7 Å². The Bertz CT molecular complexity index is 859. The number of amides is 2. The van der Waals surface area contributed by atoms with Crippen LogP contribution in [0.25, 0.3) is 0 Å². The predicted octanol–water partition coefficient (Wildman–Crippen LogP) is 4.89. The number of halogens is 5. The van der Waals surface area contributed by atoms with Gasteiger partial charge in [-0.25, -0.2) is 9.18 Å². The number of alkyl halides is 3. The Kier molecular flexibility index (Phi) is 6.10. The van der Waals surface area contributed by atoms with E-state index in [2.05, 4.69) is 15.5 Å². The van der Waals surface area contributed by atoms with Crippen LogP contribution in [0.2, 0.25) is 5.02 Å². The van der Waals surface area contributed by atoms with E-state index in [1.54, 1.807) is 6.07 Å². The highest BCUT2D eigenvalue weighted by Gasteiger charge is 2.34. The van der Waals surface area contributed by atoms with Crippen LogP contribution in [-0.4, -0.2) is 30.1 Å². The van der Waals surface area contributed by atoms with Gasteiger partial charge < -0.3 is 10.6 Å². The van der Waals surface area contributed by atoms with Crippen molar-refractivity contribution in [1.29, 1.82) is 0 Å². The van der Waals surface area contributed by atoms with Gasteiger partial charge in [-0.2, -0.15) is 13.2 Å². The van der Waals surface area contributed by atoms with Crippen LogP contribution in [0.4, 0.5) is 28.0 Å². The highest BCUT2D eigenvalue weighted by molar-refractivity contribution is 6.30. The zero-order chi connectivity index (χ0) is 20.3. The average Bonchev–Trinajstić information content (AvgIpc) is 3.02. The van der Waals surface area contributed by atoms with Gasteiger partial charge in [0.15, 0.2) is 0 Å². The molecule has 9 heteroatoms. The number of nitrogens with zero attached hydrogens (tertiary/aromatic N) is 1. The Morgan fingerprint density at radius 3 is 2.71 bits per heavy atom. The van der Waals surface area contributed by atoms with Crippen molar-refractivity contribution in [2.24, 2.45) is 0 Å². The van der Waals surface area contributed by atoms with Crippen molar-refractivity contribution in [3.8, 4) is 0 Å². The minimum atomic E-state index is -4.83. The number of carbonyl (C=O) groups excluding carboxylic acids is 1. The van der Waals surface area contributed by atoms with Gasteiger partial charge in [0.1, 0.15) is 5.82 Å². The van der Waals surface area contributed by atoms with Gasteiger partial charge in [-0.1, -0.05) is 23.7 Å². The van der Waals surface area contributed by atoms with Gasteiger partial charge in [-0.15, -0.1) is 0 Å². The number of likely N-dealkylation sites (tertiary alicyclic amines) is 1. The van der Waals surface area contributed by atoms with E-state index in [9.17, 15) is 22.4 Å². The van der Waals surface area contributed by atoms with Crippen molar-refractivity contribution < 1.29 is 22.4 Å². The molecule has 0 aromatic heterocycles. The SMILES string of the molecule is O=C(Nc1ccc(F)c(C(F)(F)F)c1)NC1CCN(Cc2cccc(Cl)c2)C1. The molecule has 2 N–H and O–H groups in total.